The number of halogens is 3. The van der Waals surface area contributed by atoms with E-state index in [-0.39, 0.29) is 12.2 Å². The third-order valence-electron chi connectivity index (χ3n) is 4.33. The summed E-state index contributed by atoms with van der Waals surface area (Å²) in [5, 5.41) is 13.4. The van der Waals surface area contributed by atoms with Gasteiger partial charge in [0.25, 0.3) is 5.91 Å². The van der Waals surface area contributed by atoms with Crippen molar-refractivity contribution in [2.75, 3.05) is 12.4 Å². The van der Waals surface area contributed by atoms with Gasteiger partial charge in [0.1, 0.15) is 18.2 Å². The van der Waals surface area contributed by atoms with Crippen LogP contribution >= 0.6 is 34.8 Å². The summed E-state index contributed by atoms with van der Waals surface area (Å²) in [5.74, 6) is 0.353. The highest BCUT2D eigenvalue weighted by Gasteiger charge is 2.12. The number of nitrogens with one attached hydrogen (secondary N) is 1. The minimum atomic E-state index is -0.597. The molecule has 32 heavy (non-hydrogen) atoms. The van der Waals surface area contributed by atoms with E-state index in [1.54, 1.807) is 30.3 Å². The van der Waals surface area contributed by atoms with Crippen LogP contribution in [0.15, 0.2) is 66.2 Å². The molecule has 3 aromatic rings. The Balaban J connectivity index is 1.82. The van der Waals surface area contributed by atoms with Crippen molar-refractivity contribution < 1.29 is 14.3 Å². The van der Waals surface area contributed by atoms with E-state index in [2.05, 4.69) is 5.32 Å². The van der Waals surface area contributed by atoms with Crippen molar-refractivity contribution in [3.8, 4) is 17.6 Å². The number of carbonyl (C=O) groups is 1. The zero-order valence-electron chi connectivity index (χ0n) is 16.9. The highest BCUT2D eigenvalue weighted by Crippen LogP contribution is 2.30. The molecule has 0 spiro atoms. The van der Waals surface area contributed by atoms with Gasteiger partial charge in [0.05, 0.1) is 7.11 Å². The zero-order chi connectivity index (χ0) is 23.1. The summed E-state index contributed by atoms with van der Waals surface area (Å²) in [6, 6.07) is 18.9. The number of methoxy groups -OCH3 is 1. The fourth-order valence-electron chi connectivity index (χ4n) is 2.81. The summed E-state index contributed by atoms with van der Waals surface area (Å²) >= 11 is 18.1. The SMILES string of the molecule is COc1ccc(/C=C(\C#N)C(=O)Nc2cc(Cl)cc(Cl)c2)cc1OCc1ccccc1Cl. The predicted molar refractivity (Wildman–Crippen MR) is 127 cm³/mol. The molecule has 5 nitrogen and oxygen atoms in total. The van der Waals surface area contributed by atoms with Crippen LogP contribution in [0.5, 0.6) is 11.5 Å². The van der Waals surface area contributed by atoms with Gasteiger partial charge in [0.2, 0.25) is 0 Å². The average molecular weight is 488 g/mol. The van der Waals surface area contributed by atoms with Gasteiger partial charge in [0, 0.05) is 26.3 Å². The Labute approximate surface area is 200 Å². The smallest absolute Gasteiger partial charge is 0.266 e. The average Bonchev–Trinajstić information content (AvgIpc) is 2.76. The minimum Gasteiger partial charge on any atom is -0.493 e. The third-order valence-corrected chi connectivity index (χ3v) is 5.13. The zero-order valence-corrected chi connectivity index (χ0v) is 19.1. The van der Waals surface area contributed by atoms with Gasteiger partial charge in [-0.3, -0.25) is 4.79 Å². The van der Waals surface area contributed by atoms with Crippen molar-refractivity contribution in [2.24, 2.45) is 0 Å². The Kier molecular flexibility index (Phi) is 8.02. The molecule has 0 aliphatic carbocycles. The van der Waals surface area contributed by atoms with Gasteiger partial charge in [-0.1, -0.05) is 59.1 Å². The molecular weight excluding hydrogens is 471 g/mol. The molecule has 0 unspecified atom stereocenters. The molecule has 0 heterocycles. The Bertz CT molecular complexity index is 1200. The largest absolute Gasteiger partial charge is 0.493 e. The topological polar surface area (TPSA) is 71.3 Å². The van der Waals surface area contributed by atoms with E-state index in [0.717, 1.165) is 5.56 Å². The van der Waals surface area contributed by atoms with E-state index in [4.69, 9.17) is 44.3 Å². The van der Waals surface area contributed by atoms with Crippen LogP contribution in [-0.2, 0) is 11.4 Å². The predicted octanol–water partition coefficient (Wildman–Crippen LogP) is 6.78. The second kappa shape index (κ2) is 10.9. The van der Waals surface area contributed by atoms with E-state index < -0.39 is 5.91 Å². The summed E-state index contributed by atoms with van der Waals surface area (Å²) in [7, 11) is 1.53. The first-order chi connectivity index (χ1) is 15.4. The summed E-state index contributed by atoms with van der Waals surface area (Å²) < 4.78 is 11.2. The Morgan fingerprint density at radius 2 is 1.75 bits per heavy atom. The van der Waals surface area contributed by atoms with Crippen LogP contribution in [0.2, 0.25) is 15.1 Å². The molecule has 0 fully saturated rings. The molecule has 0 aliphatic rings. The maximum atomic E-state index is 12.6. The van der Waals surface area contributed by atoms with Gasteiger partial charge in [-0.25, -0.2) is 0 Å². The van der Waals surface area contributed by atoms with E-state index in [1.807, 2.05) is 24.3 Å². The number of hydrogen-bond acceptors (Lipinski definition) is 4. The molecular formula is C24H17Cl3N2O3. The lowest BCUT2D eigenvalue weighted by Crippen LogP contribution is -2.13. The summed E-state index contributed by atoms with van der Waals surface area (Å²) in [5.41, 5.74) is 1.67. The lowest BCUT2D eigenvalue weighted by atomic mass is 10.1. The normalized spacial score (nSPS) is 10.9. The second-order valence-corrected chi connectivity index (χ2v) is 7.85. The number of nitriles is 1. The maximum Gasteiger partial charge on any atom is 0.266 e. The first-order valence-corrected chi connectivity index (χ1v) is 10.5. The molecule has 0 saturated heterocycles. The molecule has 0 atom stereocenters. The summed E-state index contributed by atoms with van der Waals surface area (Å²) in [4.78, 5) is 12.6. The number of rotatable bonds is 7. The van der Waals surface area contributed by atoms with Crippen LogP contribution in [0.25, 0.3) is 6.08 Å². The minimum absolute atomic E-state index is 0.108. The van der Waals surface area contributed by atoms with Crippen LogP contribution < -0.4 is 14.8 Å². The van der Waals surface area contributed by atoms with Gasteiger partial charge >= 0.3 is 0 Å². The van der Waals surface area contributed by atoms with Crippen LogP contribution in [0, 0.1) is 11.3 Å². The van der Waals surface area contributed by atoms with E-state index in [9.17, 15) is 10.1 Å². The first-order valence-electron chi connectivity index (χ1n) is 9.33. The Hall–Kier alpha value is -3.17. The number of benzene rings is 3. The number of amides is 1. The van der Waals surface area contributed by atoms with Crippen molar-refractivity contribution in [3.05, 3.63) is 92.4 Å². The lowest BCUT2D eigenvalue weighted by molar-refractivity contribution is -0.112. The summed E-state index contributed by atoms with van der Waals surface area (Å²) in [6.07, 6.45) is 1.45. The summed E-state index contributed by atoms with van der Waals surface area (Å²) in [6.45, 7) is 0.227. The van der Waals surface area contributed by atoms with E-state index in [0.29, 0.717) is 37.8 Å². The van der Waals surface area contributed by atoms with Gasteiger partial charge in [-0.05, 0) is 48.0 Å². The first kappa shape index (κ1) is 23.5. The van der Waals surface area contributed by atoms with Crippen LogP contribution in [-0.4, -0.2) is 13.0 Å². The van der Waals surface area contributed by atoms with E-state index >= 15 is 0 Å². The quantitative estimate of drug-likeness (QED) is 0.294. The van der Waals surface area contributed by atoms with Gasteiger partial charge in [-0.2, -0.15) is 5.26 Å². The fourth-order valence-corrected chi connectivity index (χ4v) is 3.52. The van der Waals surface area contributed by atoms with Gasteiger partial charge < -0.3 is 14.8 Å². The number of hydrogen-bond donors (Lipinski definition) is 1. The highest BCUT2D eigenvalue weighted by molar-refractivity contribution is 6.35. The number of carbonyl (C=O) groups excluding carboxylic acids is 1. The van der Waals surface area contributed by atoms with Gasteiger partial charge in [-0.15, -0.1) is 0 Å². The van der Waals surface area contributed by atoms with Crippen LogP contribution in [0.4, 0.5) is 5.69 Å². The maximum absolute atomic E-state index is 12.6. The van der Waals surface area contributed by atoms with Crippen molar-refractivity contribution in [1.29, 1.82) is 5.26 Å². The molecule has 8 heteroatoms. The highest BCUT2D eigenvalue weighted by atomic mass is 35.5. The molecule has 0 aliphatic heterocycles. The monoisotopic (exact) mass is 486 g/mol. The van der Waals surface area contributed by atoms with Gasteiger partial charge in [0.15, 0.2) is 11.5 Å². The van der Waals surface area contributed by atoms with Crippen molar-refractivity contribution in [3.63, 3.8) is 0 Å². The molecule has 162 valence electrons. The van der Waals surface area contributed by atoms with E-state index in [1.165, 1.54) is 25.3 Å². The Morgan fingerprint density at radius 3 is 2.41 bits per heavy atom. The molecule has 0 aromatic heterocycles. The van der Waals surface area contributed by atoms with Crippen molar-refractivity contribution in [1.82, 2.24) is 0 Å². The molecule has 0 bridgehead atoms. The lowest BCUT2D eigenvalue weighted by Gasteiger charge is -2.12. The second-order valence-electron chi connectivity index (χ2n) is 6.57. The van der Waals surface area contributed by atoms with Crippen LogP contribution in [0.1, 0.15) is 11.1 Å². The van der Waals surface area contributed by atoms with Crippen molar-refractivity contribution >= 4 is 52.5 Å². The Morgan fingerprint density at radius 1 is 1.03 bits per heavy atom. The molecule has 3 rings (SSSR count). The number of ether oxygens (including phenoxy) is 2. The number of anilines is 1. The standard InChI is InChI=1S/C24H17Cl3N2O3/c1-31-22-7-6-15(9-23(22)32-14-16-4-2-3-5-21(16)27)8-17(13-28)24(30)29-20-11-18(25)10-19(26)12-20/h2-12H,14H2,1H3,(H,29,30)/b17-8+. The van der Waals surface area contributed by atoms with Crippen molar-refractivity contribution in [2.45, 2.75) is 6.61 Å². The molecule has 1 amide bonds. The van der Waals surface area contributed by atoms with Crippen LogP contribution in [0.3, 0.4) is 0 Å². The molecule has 1 N–H and O–H groups in total. The third kappa shape index (κ3) is 6.18. The molecule has 0 saturated carbocycles. The molecule has 0 radical (unpaired) electrons. The number of nitrogens with zero attached hydrogens (tertiary/aromatic N) is 1. The molecule has 3 aromatic carbocycles. The fraction of sp³-hybridized carbons (Fsp3) is 0.0833.